The molecule has 1 atom stereocenters. The summed E-state index contributed by atoms with van der Waals surface area (Å²) in [6.45, 7) is 2.73. The molecule has 1 aromatic carbocycles. The highest BCUT2D eigenvalue weighted by Gasteiger charge is 2.34. The lowest BCUT2D eigenvalue weighted by atomic mass is 9.98. The average Bonchev–Trinajstić information content (AvgIpc) is 3.15. The number of nitrogens with one attached hydrogen (secondary N) is 1. The zero-order chi connectivity index (χ0) is 23.8. The molecule has 2 aromatic rings. The highest BCUT2D eigenvalue weighted by Crippen LogP contribution is 2.37. The van der Waals surface area contributed by atoms with Gasteiger partial charge in [0.2, 0.25) is 21.8 Å². The first kappa shape index (κ1) is 23.4. The van der Waals surface area contributed by atoms with Crippen molar-refractivity contribution >= 4 is 38.2 Å². The minimum Gasteiger partial charge on any atom is -0.337 e. The van der Waals surface area contributed by atoms with Crippen LogP contribution in [0.15, 0.2) is 29.2 Å². The number of nitrogens with zero attached hydrogens (tertiary/aromatic N) is 3. The molecule has 1 aromatic heterocycles. The third kappa shape index (κ3) is 4.64. The molecule has 1 fully saturated rings. The van der Waals surface area contributed by atoms with Gasteiger partial charge >= 0.3 is 0 Å². The van der Waals surface area contributed by atoms with Gasteiger partial charge < -0.3 is 10.2 Å². The largest absolute Gasteiger partial charge is 0.337 e. The lowest BCUT2D eigenvalue weighted by Crippen LogP contribution is -2.43. The van der Waals surface area contributed by atoms with Crippen molar-refractivity contribution in [1.29, 1.82) is 5.26 Å². The number of piperidine rings is 1. The topological polar surface area (TPSA) is 111 Å². The lowest BCUT2D eigenvalue weighted by molar-refractivity contribution is -0.129. The molecule has 0 spiro atoms. The summed E-state index contributed by atoms with van der Waals surface area (Å²) in [6, 6.07) is 6.79. The first-order valence-corrected chi connectivity index (χ1v) is 12.8. The van der Waals surface area contributed by atoms with Gasteiger partial charge in [-0.05, 0) is 49.1 Å². The number of thiophene rings is 1. The molecule has 11 heteroatoms. The molecule has 1 unspecified atom stereocenters. The van der Waals surface area contributed by atoms with E-state index in [1.165, 1.54) is 34.7 Å². The van der Waals surface area contributed by atoms with Crippen LogP contribution in [0.1, 0.15) is 35.8 Å². The SMILES string of the molecule is CC(=O)N1CCc2c(sc(NC(=O)C3CCCN(S(=O)(=O)c4ccc(F)cc4)C3)c2C#N)C1. The molecule has 0 saturated carbocycles. The number of nitriles is 1. The number of benzene rings is 1. The zero-order valence-electron chi connectivity index (χ0n) is 18.0. The molecule has 0 bridgehead atoms. The van der Waals surface area contributed by atoms with Crippen LogP contribution < -0.4 is 5.32 Å². The Morgan fingerprint density at radius 3 is 2.64 bits per heavy atom. The van der Waals surface area contributed by atoms with Gasteiger partial charge in [0.05, 0.1) is 22.9 Å². The lowest BCUT2D eigenvalue weighted by Gasteiger charge is -2.31. The Kier molecular flexibility index (Phi) is 6.52. The maximum Gasteiger partial charge on any atom is 0.243 e. The fraction of sp³-hybridized carbons (Fsp3) is 0.409. The summed E-state index contributed by atoms with van der Waals surface area (Å²) in [6.07, 6.45) is 1.59. The standard InChI is InChI=1S/C22H23FN4O4S2/c1-14(28)26-10-8-18-19(11-24)22(32-20(18)13-26)25-21(29)15-3-2-9-27(12-15)33(30,31)17-6-4-16(23)5-7-17/h4-7,15H,2-3,8-10,12-13H2,1H3,(H,25,29). The van der Waals surface area contributed by atoms with Gasteiger partial charge in [0.1, 0.15) is 16.9 Å². The Balaban J connectivity index is 1.50. The highest BCUT2D eigenvalue weighted by molar-refractivity contribution is 7.89. The summed E-state index contributed by atoms with van der Waals surface area (Å²) in [5, 5.41) is 12.9. The van der Waals surface area contributed by atoms with Gasteiger partial charge in [-0.3, -0.25) is 9.59 Å². The minimum absolute atomic E-state index is 0.0105. The Morgan fingerprint density at radius 1 is 1.24 bits per heavy atom. The van der Waals surface area contributed by atoms with Crippen LogP contribution in [0.3, 0.4) is 0 Å². The van der Waals surface area contributed by atoms with Crippen LogP contribution in [-0.4, -0.2) is 49.1 Å². The molecule has 1 saturated heterocycles. The maximum atomic E-state index is 13.2. The third-order valence-electron chi connectivity index (χ3n) is 6.06. The van der Waals surface area contributed by atoms with Crippen molar-refractivity contribution < 1.29 is 22.4 Å². The Hall–Kier alpha value is -2.81. The van der Waals surface area contributed by atoms with Gasteiger partial charge in [0.15, 0.2) is 0 Å². The Bertz CT molecular complexity index is 1230. The van der Waals surface area contributed by atoms with Crippen molar-refractivity contribution in [3.05, 3.63) is 46.1 Å². The molecule has 0 aliphatic carbocycles. The Morgan fingerprint density at radius 2 is 1.97 bits per heavy atom. The maximum absolute atomic E-state index is 13.2. The number of hydrogen-bond donors (Lipinski definition) is 1. The van der Waals surface area contributed by atoms with Crippen molar-refractivity contribution in [3.63, 3.8) is 0 Å². The van der Waals surface area contributed by atoms with Crippen molar-refractivity contribution in [2.45, 2.75) is 37.6 Å². The van der Waals surface area contributed by atoms with Crippen LogP contribution in [0.5, 0.6) is 0 Å². The van der Waals surface area contributed by atoms with Crippen LogP contribution in [-0.2, 0) is 32.6 Å². The van der Waals surface area contributed by atoms with Crippen LogP contribution in [0.25, 0.3) is 0 Å². The van der Waals surface area contributed by atoms with Crippen molar-refractivity contribution in [2.24, 2.45) is 5.92 Å². The van der Waals surface area contributed by atoms with Gasteiger partial charge in [-0.15, -0.1) is 11.3 Å². The number of hydrogen-bond acceptors (Lipinski definition) is 6. The molecule has 33 heavy (non-hydrogen) atoms. The quantitative estimate of drug-likeness (QED) is 0.709. The number of carbonyl (C=O) groups is 2. The van der Waals surface area contributed by atoms with E-state index in [4.69, 9.17) is 0 Å². The van der Waals surface area contributed by atoms with E-state index >= 15 is 0 Å². The predicted molar refractivity (Wildman–Crippen MR) is 120 cm³/mol. The summed E-state index contributed by atoms with van der Waals surface area (Å²) in [4.78, 5) is 27.3. The Labute approximate surface area is 195 Å². The van der Waals surface area contributed by atoms with Gasteiger partial charge in [-0.25, -0.2) is 12.8 Å². The van der Waals surface area contributed by atoms with Gasteiger partial charge in [0.25, 0.3) is 0 Å². The van der Waals surface area contributed by atoms with Crippen LogP contribution in [0.4, 0.5) is 9.39 Å². The van der Waals surface area contributed by atoms with E-state index in [0.29, 0.717) is 42.9 Å². The molecular weight excluding hydrogens is 467 g/mol. The molecule has 4 rings (SSSR count). The number of amides is 2. The summed E-state index contributed by atoms with van der Waals surface area (Å²) in [7, 11) is -3.85. The molecule has 2 amide bonds. The smallest absolute Gasteiger partial charge is 0.243 e. The molecule has 0 radical (unpaired) electrons. The molecule has 2 aliphatic rings. The number of halogens is 1. The van der Waals surface area contributed by atoms with E-state index < -0.39 is 21.8 Å². The molecule has 3 heterocycles. The molecule has 1 N–H and O–H groups in total. The zero-order valence-corrected chi connectivity index (χ0v) is 19.6. The second-order valence-corrected chi connectivity index (χ2v) is 11.2. The summed E-state index contributed by atoms with van der Waals surface area (Å²) in [5.41, 5.74) is 1.28. The summed E-state index contributed by atoms with van der Waals surface area (Å²) >= 11 is 1.29. The first-order valence-electron chi connectivity index (χ1n) is 10.6. The third-order valence-corrected chi connectivity index (χ3v) is 9.07. The number of sulfonamides is 1. The average molecular weight is 491 g/mol. The second-order valence-electron chi connectivity index (χ2n) is 8.16. The van der Waals surface area contributed by atoms with E-state index in [2.05, 4.69) is 11.4 Å². The van der Waals surface area contributed by atoms with Gasteiger partial charge in [-0.2, -0.15) is 9.57 Å². The van der Waals surface area contributed by atoms with E-state index in [1.54, 1.807) is 4.90 Å². The summed E-state index contributed by atoms with van der Waals surface area (Å²) in [5.74, 6) is -1.48. The molecular formula is C22H23FN4O4S2. The van der Waals surface area contributed by atoms with E-state index in [1.807, 2.05) is 0 Å². The normalized spacial score (nSPS) is 18.9. The number of anilines is 1. The monoisotopic (exact) mass is 490 g/mol. The van der Waals surface area contributed by atoms with Crippen molar-refractivity contribution in [1.82, 2.24) is 9.21 Å². The highest BCUT2D eigenvalue weighted by atomic mass is 32.2. The van der Waals surface area contributed by atoms with Gasteiger partial charge in [0, 0.05) is 31.4 Å². The number of fused-ring (bicyclic) bond motifs is 1. The van der Waals surface area contributed by atoms with Crippen molar-refractivity contribution in [2.75, 3.05) is 25.0 Å². The molecule has 174 valence electrons. The second kappa shape index (κ2) is 9.21. The van der Waals surface area contributed by atoms with Crippen LogP contribution >= 0.6 is 11.3 Å². The molecule has 8 nitrogen and oxygen atoms in total. The van der Waals surface area contributed by atoms with E-state index in [-0.39, 0.29) is 29.8 Å². The van der Waals surface area contributed by atoms with Crippen LogP contribution in [0, 0.1) is 23.1 Å². The molecule has 2 aliphatic heterocycles. The summed E-state index contributed by atoms with van der Waals surface area (Å²) < 4.78 is 40.3. The number of rotatable bonds is 4. The fourth-order valence-corrected chi connectivity index (χ4v) is 6.96. The predicted octanol–water partition coefficient (Wildman–Crippen LogP) is 2.70. The van der Waals surface area contributed by atoms with E-state index in [0.717, 1.165) is 22.6 Å². The number of carbonyl (C=O) groups excluding carboxylic acids is 2. The minimum atomic E-state index is -3.85. The van der Waals surface area contributed by atoms with Gasteiger partial charge in [-0.1, -0.05) is 0 Å². The van der Waals surface area contributed by atoms with Crippen molar-refractivity contribution in [3.8, 4) is 6.07 Å². The first-order chi connectivity index (χ1) is 15.7. The van der Waals surface area contributed by atoms with Crippen LogP contribution in [0.2, 0.25) is 0 Å². The van der Waals surface area contributed by atoms with E-state index in [9.17, 15) is 27.7 Å². The fourth-order valence-electron chi connectivity index (χ4n) is 4.22.